The number of aliphatic carboxylic acids is 1. The van der Waals surface area contributed by atoms with Gasteiger partial charge in [0, 0.05) is 5.56 Å². The van der Waals surface area contributed by atoms with Gasteiger partial charge in [-0.3, -0.25) is 14.9 Å². The summed E-state index contributed by atoms with van der Waals surface area (Å²) in [6.45, 7) is 4.86. The van der Waals surface area contributed by atoms with Gasteiger partial charge in [-0.25, -0.2) is 9.59 Å². The van der Waals surface area contributed by atoms with Crippen LogP contribution in [0.2, 0.25) is 0 Å². The Balaban J connectivity index is 2.20. The predicted molar refractivity (Wildman–Crippen MR) is 88.9 cm³/mol. The molecular weight excluding hydrogens is 326 g/mol. The maximum absolute atomic E-state index is 12.3. The smallest absolute Gasteiger partial charge is 0.329 e. The van der Waals surface area contributed by atoms with Crippen LogP contribution in [0.4, 0.5) is 4.79 Å². The zero-order valence-corrected chi connectivity index (χ0v) is 14.3. The maximum Gasteiger partial charge on any atom is 0.329 e. The Morgan fingerprint density at radius 3 is 2.28 bits per heavy atom. The van der Waals surface area contributed by atoms with E-state index in [1.165, 1.54) is 19.1 Å². The monoisotopic (exact) mass is 347 g/mol. The molecule has 1 aliphatic rings. The minimum Gasteiger partial charge on any atom is -0.480 e. The van der Waals surface area contributed by atoms with Crippen molar-refractivity contribution in [1.82, 2.24) is 16.0 Å². The molecule has 0 aliphatic carbocycles. The maximum atomic E-state index is 12.3. The normalized spacial score (nSPS) is 21.9. The number of carboxylic acid groups (broad SMARTS) is 1. The van der Waals surface area contributed by atoms with Crippen molar-refractivity contribution in [3.8, 4) is 0 Å². The molecule has 1 aromatic carbocycles. The lowest BCUT2D eigenvalue weighted by Gasteiger charge is -2.26. The summed E-state index contributed by atoms with van der Waals surface area (Å²) in [4.78, 5) is 47.0. The number of amides is 4. The summed E-state index contributed by atoms with van der Waals surface area (Å²) in [6.07, 6.45) is 0.908. The largest absolute Gasteiger partial charge is 0.480 e. The van der Waals surface area contributed by atoms with Gasteiger partial charge in [0.15, 0.2) is 0 Å². The van der Waals surface area contributed by atoms with Crippen LogP contribution in [0.15, 0.2) is 24.3 Å². The van der Waals surface area contributed by atoms with Crippen molar-refractivity contribution in [2.75, 3.05) is 0 Å². The summed E-state index contributed by atoms with van der Waals surface area (Å²) in [5.74, 6) is -2.09. The van der Waals surface area contributed by atoms with Gasteiger partial charge in [0.2, 0.25) is 0 Å². The second-order valence-corrected chi connectivity index (χ2v) is 6.45. The third-order valence-corrected chi connectivity index (χ3v) is 4.38. The van der Waals surface area contributed by atoms with Gasteiger partial charge in [0.25, 0.3) is 11.8 Å². The fraction of sp³-hybridized carbons (Fsp3) is 0.412. The first kappa shape index (κ1) is 18.4. The second kappa shape index (κ2) is 6.54. The number of hydrogen-bond donors (Lipinski definition) is 4. The van der Waals surface area contributed by atoms with Crippen LogP contribution in [0.3, 0.4) is 0 Å². The number of carbonyl (C=O) groups is 4. The lowest BCUT2D eigenvalue weighted by atomic mass is 9.91. The summed E-state index contributed by atoms with van der Waals surface area (Å²) in [5.41, 5.74) is -1.78. The van der Waals surface area contributed by atoms with E-state index in [2.05, 4.69) is 16.0 Å². The molecule has 2 atom stereocenters. The standard InChI is InChI=1S/C17H21N3O5/c1-4-9-16(2,14(23)24)19-12(21)10-5-7-11(8-6-10)17(3)13(22)18-15(25)20-17/h5-8H,4,9H2,1-3H3,(H,19,21)(H,23,24)(H2,18,20,22,25)/t16-,17+/m0/s1. The molecule has 0 radical (unpaired) electrons. The van der Waals surface area contributed by atoms with E-state index in [0.717, 1.165) is 0 Å². The molecule has 134 valence electrons. The number of carboxylic acids is 1. The molecule has 0 unspecified atom stereocenters. The third-order valence-electron chi connectivity index (χ3n) is 4.38. The predicted octanol–water partition coefficient (Wildman–Crippen LogP) is 1.11. The number of urea groups is 1. The van der Waals surface area contributed by atoms with Gasteiger partial charge in [-0.05, 0) is 38.0 Å². The molecule has 4 amide bonds. The number of imide groups is 1. The van der Waals surface area contributed by atoms with Crippen molar-refractivity contribution in [3.05, 3.63) is 35.4 Å². The molecule has 4 N–H and O–H groups in total. The summed E-state index contributed by atoms with van der Waals surface area (Å²) in [5, 5.41) is 16.6. The van der Waals surface area contributed by atoms with Crippen LogP contribution < -0.4 is 16.0 Å². The van der Waals surface area contributed by atoms with Crippen LogP contribution in [-0.2, 0) is 15.1 Å². The minimum absolute atomic E-state index is 0.264. The summed E-state index contributed by atoms with van der Waals surface area (Å²) in [7, 11) is 0. The highest BCUT2D eigenvalue weighted by Gasteiger charge is 2.43. The Bertz CT molecular complexity index is 730. The van der Waals surface area contributed by atoms with Crippen molar-refractivity contribution in [1.29, 1.82) is 0 Å². The van der Waals surface area contributed by atoms with E-state index < -0.39 is 34.9 Å². The lowest BCUT2D eigenvalue weighted by Crippen LogP contribution is -2.52. The fourth-order valence-electron chi connectivity index (χ4n) is 2.75. The highest BCUT2D eigenvalue weighted by molar-refractivity contribution is 6.07. The van der Waals surface area contributed by atoms with Gasteiger partial charge in [0.05, 0.1) is 0 Å². The van der Waals surface area contributed by atoms with Crippen LogP contribution >= 0.6 is 0 Å². The Morgan fingerprint density at radius 2 is 1.84 bits per heavy atom. The van der Waals surface area contributed by atoms with Crippen molar-refractivity contribution in [3.63, 3.8) is 0 Å². The summed E-state index contributed by atoms with van der Waals surface area (Å²) in [6, 6.07) is 5.51. The highest BCUT2D eigenvalue weighted by Crippen LogP contribution is 2.24. The van der Waals surface area contributed by atoms with Crippen molar-refractivity contribution in [2.45, 2.75) is 44.7 Å². The minimum atomic E-state index is -1.35. The van der Waals surface area contributed by atoms with Crippen LogP contribution in [0.25, 0.3) is 0 Å². The number of hydrogen-bond acceptors (Lipinski definition) is 4. The van der Waals surface area contributed by atoms with Gasteiger partial charge in [-0.1, -0.05) is 25.5 Å². The van der Waals surface area contributed by atoms with E-state index in [0.29, 0.717) is 18.4 Å². The molecule has 1 heterocycles. The molecule has 0 saturated carbocycles. The van der Waals surface area contributed by atoms with E-state index in [1.54, 1.807) is 19.1 Å². The first-order valence-electron chi connectivity index (χ1n) is 7.92. The molecule has 1 fully saturated rings. The molecule has 0 spiro atoms. The zero-order chi connectivity index (χ0) is 18.8. The van der Waals surface area contributed by atoms with Crippen LogP contribution in [0.5, 0.6) is 0 Å². The van der Waals surface area contributed by atoms with E-state index in [1.807, 2.05) is 6.92 Å². The topological polar surface area (TPSA) is 125 Å². The number of carbonyl (C=O) groups excluding carboxylic acids is 3. The zero-order valence-electron chi connectivity index (χ0n) is 14.3. The van der Waals surface area contributed by atoms with E-state index in [-0.39, 0.29) is 5.56 Å². The fourth-order valence-corrected chi connectivity index (χ4v) is 2.75. The Kier molecular flexibility index (Phi) is 4.82. The average molecular weight is 347 g/mol. The molecule has 1 saturated heterocycles. The summed E-state index contributed by atoms with van der Waals surface area (Å²) < 4.78 is 0. The molecule has 2 rings (SSSR count). The molecule has 0 bridgehead atoms. The third kappa shape index (κ3) is 3.47. The molecule has 25 heavy (non-hydrogen) atoms. The van der Waals surface area contributed by atoms with Gasteiger partial charge in [-0.15, -0.1) is 0 Å². The molecule has 8 nitrogen and oxygen atoms in total. The summed E-state index contributed by atoms with van der Waals surface area (Å²) >= 11 is 0. The van der Waals surface area contributed by atoms with Crippen LogP contribution in [-0.4, -0.2) is 34.5 Å². The number of nitrogens with one attached hydrogen (secondary N) is 3. The lowest BCUT2D eigenvalue weighted by molar-refractivity contribution is -0.144. The molecule has 1 aliphatic heterocycles. The number of benzene rings is 1. The molecule has 0 aromatic heterocycles. The molecular formula is C17H21N3O5. The van der Waals surface area contributed by atoms with Crippen LogP contribution in [0, 0.1) is 0 Å². The molecule has 8 heteroatoms. The van der Waals surface area contributed by atoms with Crippen molar-refractivity contribution >= 4 is 23.8 Å². The van der Waals surface area contributed by atoms with Gasteiger partial charge in [0.1, 0.15) is 11.1 Å². The molecule has 1 aromatic rings. The second-order valence-electron chi connectivity index (χ2n) is 6.45. The first-order chi connectivity index (χ1) is 11.6. The average Bonchev–Trinajstić information content (AvgIpc) is 2.81. The van der Waals surface area contributed by atoms with E-state index in [9.17, 15) is 24.3 Å². The van der Waals surface area contributed by atoms with E-state index >= 15 is 0 Å². The number of rotatable bonds is 6. The quantitative estimate of drug-likeness (QED) is 0.574. The van der Waals surface area contributed by atoms with Crippen LogP contribution in [0.1, 0.15) is 49.5 Å². The van der Waals surface area contributed by atoms with Gasteiger partial charge >= 0.3 is 12.0 Å². The van der Waals surface area contributed by atoms with E-state index in [4.69, 9.17) is 0 Å². The first-order valence-corrected chi connectivity index (χ1v) is 7.92. The Hall–Kier alpha value is -2.90. The highest BCUT2D eigenvalue weighted by atomic mass is 16.4. The van der Waals surface area contributed by atoms with Gasteiger partial charge in [-0.2, -0.15) is 0 Å². The van der Waals surface area contributed by atoms with Gasteiger partial charge < -0.3 is 15.7 Å². The Morgan fingerprint density at radius 1 is 1.24 bits per heavy atom. The van der Waals surface area contributed by atoms with Crippen molar-refractivity contribution in [2.24, 2.45) is 0 Å². The van der Waals surface area contributed by atoms with Crippen molar-refractivity contribution < 1.29 is 24.3 Å². The SMILES string of the molecule is CCC[C@](C)(NC(=O)c1ccc([C@@]2(C)NC(=O)NC2=O)cc1)C(=O)O. The Labute approximate surface area is 145 Å².